The summed E-state index contributed by atoms with van der Waals surface area (Å²) in [6, 6.07) is 20.3. The van der Waals surface area contributed by atoms with Crippen LogP contribution in [-0.2, 0) is 17.8 Å². The number of nitrogens with zero attached hydrogens (tertiary/aromatic N) is 3. The van der Waals surface area contributed by atoms with Crippen molar-refractivity contribution in [2.45, 2.75) is 57.1 Å². The number of aryl methyl sites for hydroxylation is 1. The second kappa shape index (κ2) is 12.4. The molecular weight excluding hydrogens is 440 g/mol. The number of hydrogen-bond donors (Lipinski definition) is 1. The Morgan fingerprint density at radius 3 is 2.47 bits per heavy atom. The fourth-order valence-electron chi connectivity index (χ4n) is 3.91. The smallest absolute Gasteiger partial charge is 0.220 e. The number of benzene rings is 2. The summed E-state index contributed by atoms with van der Waals surface area (Å²) in [6.07, 6.45) is 9.76. The van der Waals surface area contributed by atoms with E-state index in [2.05, 4.69) is 51.3 Å². The van der Waals surface area contributed by atoms with Crippen LogP contribution in [0.25, 0.3) is 5.69 Å². The standard InChI is InChI=1S/C28H32N4OS/c1-22-16-18-24(19-17-22)21-34-28-31-30-26(32(28)25-12-6-3-7-13-25)14-8-9-15-27(33)29-20-23-10-4-2-5-11-23/h2-7,10-13,16,18H,8-9,14-15,17,19-21H2,1H3,(H,29,33). The van der Waals surface area contributed by atoms with Crippen molar-refractivity contribution in [2.75, 3.05) is 5.75 Å². The van der Waals surface area contributed by atoms with Gasteiger partial charge < -0.3 is 5.32 Å². The predicted octanol–water partition coefficient (Wildman–Crippen LogP) is 6.06. The molecule has 0 spiro atoms. The molecule has 3 aromatic rings. The first kappa shape index (κ1) is 24.0. The number of nitrogens with one attached hydrogen (secondary N) is 1. The number of rotatable bonds is 11. The van der Waals surface area contributed by atoms with Gasteiger partial charge in [-0.15, -0.1) is 10.2 Å². The van der Waals surface area contributed by atoms with E-state index in [1.165, 1.54) is 11.1 Å². The number of amides is 1. The Bertz CT molecular complexity index is 1140. The number of para-hydroxylation sites is 1. The second-order valence-electron chi connectivity index (χ2n) is 8.67. The van der Waals surface area contributed by atoms with Gasteiger partial charge in [-0.3, -0.25) is 9.36 Å². The Hall–Kier alpha value is -3.12. The van der Waals surface area contributed by atoms with Crippen molar-refractivity contribution >= 4 is 17.7 Å². The van der Waals surface area contributed by atoms with Crippen molar-refractivity contribution in [3.8, 4) is 5.69 Å². The SMILES string of the molecule is CC1=CC=C(CSc2nnc(CCCCC(=O)NCc3ccccc3)n2-c2ccccc2)CC1. The van der Waals surface area contributed by atoms with Gasteiger partial charge in [0.15, 0.2) is 5.16 Å². The molecular formula is C28H32N4OS. The lowest BCUT2D eigenvalue weighted by Gasteiger charge is -2.13. The first-order valence-corrected chi connectivity index (χ1v) is 13.0. The van der Waals surface area contributed by atoms with Gasteiger partial charge in [-0.05, 0) is 50.3 Å². The highest BCUT2D eigenvalue weighted by molar-refractivity contribution is 7.99. The highest BCUT2D eigenvalue weighted by Crippen LogP contribution is 2.27. The molecule has 5 nitrogen and oxygen atoms in total. The molecule has 0 radical (unpaired) electrons. The van der Waals surface area contributed by atoms with E-state index in [1.807, 2.05) is 48.5 Å². The van der Waals surface area contributed by atoms with Gasteiger partial charge in [0.05, 0.1) is 0 Å². The number of aromatic nitrogens is 3. The summed E-state index contributed by atoms with van der Waals surface area (Å²) in [5.41, 5.74) is 5.09. The number of carbonyl (C=O) groups is 1. The molecule has 4 rings (SSSR count). The minimum atomic E-state index is 0.0923. The van der Waals surface area contributed by atoms with E-state index < -0.39 is 0 Å². The van der Waals surface area contributed by atoms with E-state index in [1.54, 1.807) is 11.8 Å². The van der Waals surface area contributed by atoms with Gasteiger partial charge in [0.1, 0.15) is 5.82 Å². The summed E-state index contributed by atoms with van der Waals surface area (Å²) in [5, 5.41) is 13.0. The first-order chi connectivity index (χ1) is 16.7. The van der Waals surface area contributed by atoms with E-state index in [-0.39, 0.29) is 5.91 Å². The molecule has 1 aliphatic carbocycles. The van der Waals surface area contributed by atoms with Crippen LogP contribution in [0.4, 0.5) is 0 Å². The van der Waals surface area contributed by atoms with Crippen LogP contribution in [0.3, 0.4) is 0 Å². The maximum Gasteiger partial charge on any atom is 0.220 e. The monoisotopic (exact) mass is 472 g/mol. The van der Waals surface area contributed by atoms with E-state index in [0.29, 0.717) is 13.0 Å². The second-order valence-corrected chi connectivity index (χ2v) is 9.61. The van der Waals surface area contributed by atoms with Gasteiger partial charge in [0.2, 0.25) is 5.91 Å². The Balaban J connectivity index is 1.32. The Kier molecular flexibility index (Phi) is 8.74. The molecule has 0 fully saturated rings. The quantitative estimate of drug-likeness (QED) is 0.272. The maximum absolute atomic E-state index is 12.2. The molecule has 0 bridgehead atoms. The lowest BCUT2D eigenvalue weighted by Crippen LogP contribution is -2.22. The van der Waals surface area contributed by atoms with Gasteiger partial charge in [-0.25, -0.2) is 0 Å². The molecule has 1 heterocycles. The lowest BCUT2D eigenvalue weighted by molar-refractivity contribution is -0.121. The van der Waals surface area contributed by atoms with Crippen LogP contribution in [0, 0.1) is 0 Å². The third kappa shape index (κ3) is 6.94. The van der Waals surface area contributed by atoms with Gasteiger partial charge in [0.25, 0.3) is 0 Å². The van der Waals surface area contributed by atoms with Crippen LogP contribution in [0.2, 0.25) is 0 Å². The van der Waals surface area contributed by atoms with Crippen LogP contribution in [-0.4, -0.2) is 26.4 Å². The average Bonchev–Trinajstić information content (AvgIpc) is 3.29. The number of allylic oxidation sites excluding steroid dienone is 3. The molecule has 2 aromatic carbocycles. The van der Waals surface area contributed by atoms with E-state index in [9.17, 15) is 4.79 Å². The minimum Gasteiger partial charge on any atom is -0.352 e. The van der Waals surface area contributed by atoms with Crippen LogP contribution in [0.15, 0.2) is 89.1 Å². The summed E-state index contributed by atoms with van der Waals surface area (Å²) in [6.45, 7) is 2.76. The maximum atomic E-state index is 12.2. The molecule has 0 saturated carbocycles. The highest BCUT2D eigenvalue weighted by atomic mass is 32.2. The van der Waals surface area contributed by atoms with Crippen LogP contribution >= 0.6 is 11.8 Å². The predicted molar refractivity (Wildman–Crippen MR) is 139 cm³/mol. The lowest BCUT2D eigenvalue weighted by atomic mass is 10.0. The van der Waals surface area contributed by atoms with Crippen LogP contribution in [0.5, 0.6) is 0 Å². The van der Waals surface area contributed by atoms with Gasteiger partial charge in [0, 0.05) is 30.8 Å². The zero-order valence-corrected chi connectivity index (χ0v) is 20.6. The molecule has 0 unspecified atom stereocenters. The molecule has 0 atom stereocenters. The summed E-state index contributed by atoms with van der Waals surface area (Å²) in [4.78, 5) is 12.2. The molecule has 1 amide bonds. The normalized spacial score (nSPS) is 13.3. The van der Waals surface area contributed by atoms with Crippen molar-refractivity contribution < 1.29 is 4.79 Å². The van der Waals surface area contributed by atoms with Gasteiger partial charge >= 0.3 is 0 Å². The summed E-state index contributed by atoms with van der Waals surface area (Å²) in [7, 11) is 0. The molecule has 0 saturated heterocycles. The number of hydrogen-bond acceptors (Lipinski definition) is 4. The fourth-order valence-corrected chi connectivity index (χ4v) is 4.90. The largest absolute Gasteiger partial charge is 0.352 e. The van der Waals surface area contributed by atoms with Crippen molar-refractivity contribution in [3.05, 3.63) is 95.3 Å². The number of unbranched alkanes of at least 4 members (excludes halogenated alkanes) is 1. The van der Waals surface area contributed by atoms with Crippen molar-refractivity contribution in [2.24, 2.45) is 0 Å². The van der Waals surface area contributed by atoms with E-state index in [4.69, 9.17) is 0 Å². The third-order valence-corrected chi connectivity index (χ3v) is 6.97. The van der Waals surface area contributed by atoms with Gasteiger partial charge in [-0.1, -0.05) is 83.6 Å². The molecule has 0 aliphatic heterocycles. The fraction of sp³-hybridized carbons (Fsp3) is 0.321. The minimum absolute atomic E-state index is 0.0923. The summed E-state index contributed by atoms with van der Waals surface area (Å²) in [5.74, 6) is 1.97. The Labute approximate surface area is 206 Å². The van der Waals surface area contributed by atoms with E-state index in [0.717, 1.165) is 60.1 Å². The van der Waals surface area contributed by atoms with Crippen LogP contribution in [0.1, 0.15) is 50.4 Å². The topological polar surface area (TPSA) is 59.8 Å². The molecule has 1 aromatic heterocycles. The number of thioether (sulfide) groups is 1. The molecule has 1 aliphatic rings. The third-order valence-electron chi connectivity index (χ3n) is 5.93. The van der Waals surface area contributed by atoms with Crippen molar-refractivity contribution in [1.29, 1.82) is 0 Å². The zero-order valence-electron chi connectivity index (χ0n) is 19.7. The van der Waals surface area contributed by atoms with Crippen molar-refractivity contribution in [1.82, 2.24) is 20.1 Å². The van der Waals surface area contributed by atoms with Gasteiger partial charge in [-0.2, -0.15) is 0 Å². The Morgan fingerprint density at radius 1 is 0.971 bits per heavy atom. The zero-order chi connectivity index (χ0) is 23.6. The molecule has 34 heavy (non-hydrogen) atoms. The highest BCUT2D eigenvalue weighted by Gasteiger charge is 2.15. The molecule has 1 N–H and O–H groups in total. The molecule has 6 heteroatoms. The van der Waals surface area contributed by atoms with Crippen LogP contribution < -0.4 is 5.32 Å². The van der Waals surface area contributed by atoms with Crippen molar-refractivity contribution in [3.63, 3.8) is 0 Å². The average molecular weight is 473 g/mol. The number of carbonyl (C=O) groups excluding carboxylic acids is 1. The van der Waals surface area contributed by atoms with E-state index >= 15 is 0 Å². The molecule has 176 valence electrons. The first-order valence-electron chi connectivity index (χ1n) is 12.0. The summed E-state index contributed by atoms with van der Waals surface area (Å²) >= 11 is 1.75. The Morgan fingerprint density at radius 2 is 1.74 bits per heavy atom. The summed E-state index contributed by atoms with van der Waals surface area (Å²) < 4.78 is 2.17.